The van der Waals surface area contributed by atoms with Crippen molar-refractivity contribution in [2.45, 2.75) is 51.3 Å². The Morgan fingerprint density at radius 1 is 1.11 bits per heavy atom. The van der Waals surface area contributed by atoms with Gasteiger partial charge in [-0.25, -0.2) is 27.2 Å². The Morgan fingerprint density at radius 2 is 1.78 bits per heavy atom. The van der Waals surface area contributed by atoms with Crippen LogP contribution in [0, 0.1) is 28.9 Å². The average Bonchev–Trinajstić information content (AvgIpc) is 2.96. The maximum Gasteiger partial charge on any atom is 0.331 e. The lowest BCUT2D eigenvalue weighted by molar-refractivity contribution is -0.131. The maximum atomic E-state index is 15.3. The first-order valence-electron chi connectivity index (χ1n) is 13.9. The van der Waals surface area contributed by atoms with Gasteiger partial charge in [0.25, 0.3) is 11.5 Å². The van der Waals surface area contributed by atoms with E-state index in [2.05, 4.69) is 10.6 Å². The lowest BCUT2D eigenvalue weighted by Gasteiger charge is -2.35. The van der Waals surface area contributed by atoms with Crippen molar-refractivity contribution >= 4 is 45.8 Å². The number of benzene rings is 2. The number of hydrogen-bond acceptors (Lipinski definition) is 6. The van der Waals surface area contributed by atoms with Crippen LogP contribution in [0.5, 0.6) is 0 Å². The van der Waals surface area contributed by atoms with Gasteiger partial charge in [0.15, 0.2) is 6.10 Å². The molecular formula is C29H27ClF4N6O5. The summed E-state index contributed by atoms with van der Waals surface area (Å²) in [7, 11) is 0. The molecule has 2 aromatic carbocycles. The molecule has 238 valence electrons. The van der Waals surface area contributed by atoms with Gasteiger partial charge in [-0.2, -0.15) is 5.26 Å². The second kappa shape index (κ2) is 12.2. The van der Waals surface area contributed by atoms with Crippen LogP contribution in [-0.2, 0) is 16.1 Å². The van der Waals surface area contributed by atoms with E-state index in [0.717, 1.165) is 33.7 Å². The monoisotopic (exact) mass is 650 g/mol. The average molecular weight is 651 g/mol. The lowest BCUT2D eigenvalue weighted by atomic mass is 9.81. The van der Waals surface area contributed by atoms with E-state index in [4.69, 9.17) is 21.6 Å². The number of hydrogen-bond donors (Lipinski definition) is 2. The largest absolute Gasteiger partial charge is 0.365 e. The summed E-state index contributed by atoms with van der Waals surface area (Å²) in [6.07, 6.45) is -2.16. The fourth-order valence-electron chi connectivity index (χ4n) is 5.45. The van der Waals surface area contributed by atoms with Crippen molar-refractivity contribution in [1.29, 1.82) is 5.26 Å². The van der Waals surface area contributed by atoms with Gasteiger partial charge in [0, 0.05) is 38.0 Å². The molecule has 1 atom stereocenters. The third-order valence-electron chi connectivity index (χ3n) is 7.71. The number of alkyl halides is 2. The molecule has 1 aromatic heterocycles. The Balaban J connectivity index is 1.36. The van der Waals surface area contributed by atoms with Gasteiger partial charge in [-0.15, -0.1) is 0 Å². The minimum absolute atomic E-state index is 0.00753. The number of aromatic nitrogens is 2. The topological polar surface area (TPSA) is 138 Å². The van der Waals surface area contributed by atoms with Crippen LogP contribution >= 0.6 is 11.6 Å². The fourth-order valence-corrected chi connectivity index (χ4v) is 5.66. The van der Waals surface area contributed by atoms with E-state index in [9.17, 15) is 32.3 Å². The number of urea groups is 1. The predicted octanol–water partition coefficient (Wildman–Crippen LogP) is 4.46. The first kappa shape index (κ1) is 32.0. The molecule has 1 aliphatic heterocycles. The van der Waals surface area contributed by atoms with E-state index >= 15 is 4.39 Å². The number of carbonyl (C=O) groups is 2. The van der Waals surface area contributed by atoms with E-state index in [1.165, 1.54) is 4.57 Å². The minimum Gasteiger partial charge on any atom is -0.365 e. The van der Waals surface area contributed by atoms with E-state index < -0.39 is 71.6 Å². The number of nitrogens with zero attached hydrogens (tertiary/aromatic N) is 4. The summed E-state index contributed by atoms with van der Waals surface area (Å²) in [5, 5.41) is 13.5. The van der Waals surface area contributed by atoms with Crippen LogP contribution in [0.1, 0.15) is 38.3 Å². The smallest absolute Gasteiger partial charge is 0.331 e. The fraction of sp³-hybridized carbons (Fsp3) is 0.414. The minimum atomic E-state index is -2.85. The van der Waals surface area contributed by atoms with Gasteiger partial charge in [0.2, 0.25) is 5.92 Å². The van der Waals surface area contributed by atoms with Gasteiger partial charge in [-0.3, -0.25) is 18.7 Å². The maximum absolute atomic E-state index is 15.3. The molecule has 0 bridgehead atoms. The predicted molar refractivity (Wildman–Crippen MR) is 156 cm³/mol. The number of ether oxygens (including phenoxy) is 1. The number of carbonyl (C=O) groups excluding carboxylic acids is 2. The molecule has 0 radical (unpaired) electrons. The van der Waals surface area contributed by atoms with E-state index in [1.807, 2.05) is 0 Å². The van der Waals surface area contributed by atoms with Crippen molar-refractivity contribution in [3.05, 3.63) is 67.3 Å². The van der Waals surface area contributed by atoms with Gasteiger partial charge in [-0.1, -0.05) is 11.6 Å². The van der Waals surface area contributed by atoms with Crippen LogP contribution in [0.4, 0.5) is 33.7 Å². The van der Waals surface area contributed by atoms with Crippen LogP contribution in [0.15, 0.2) is 33.9 Å². The van der Waals surface area contributed by atoms with Gasteiger partial charge < -0.3 is 20.3 Å². The highest BCUT2D eigenvalue weighted by atomic mass is 35.5. The molecule has 3 amide bonds. The first-order chi connectivity index (χ1) is 21.2. The molecule has 2 heterocycles. The molecule has 0 spiro atoms. The number of nitrogens with one attached hydrogen (secondary N) is 2. The van der Waals surface area contributed by atoms with Crippen LogP contribution in [0.2, 0.25) is 5.02 Å². The van der Waals surface area contributed by atoms with Crippen LogP contribution < -0.4 is 21.9 Å². The Hall–Kier alpha value is -4.42. The van der Waals surface area contributed by atoms with Crippen LogP contribution in [0.25, 0.3) is 10.9 Å². The summed E-state index contributed by atoms with van der Waals surface area (Å²) >= 11 is 5.92. The van der Waals surface area contributed by atoms with E-state index in [1.54, 1.807) is 19.9 Å². The van der Waals surface area contributed by atoms with E-state index in [-0.39, 0.29) is 59.1 Å². The van der Waals surface area contributed by atoms with Gasteiger partial charge in [0.1, 0.15) is 17.7 Å². The molecule has 2 N–H and O–H groups in total. The standard InChI is InChI=1S/C29H27ClF4N6O5/c1-14(2)40-23-8-20(32)21(6-17(23)26(42)39(28(40)44)12-15-9-29(33,34)10-15)37-27(43)38-3-4-45-24(13-38)25(41)36-22-7-18(30)16(11-35)5-19(22)31/h5-8,14-15,24H,3-4,9-10,12-13H2,1-2H3,(H,36,41)(H,37,43)/t24-/m1/s1. The molecule has 2 fully saturated rings. The second-order valence-electron chi connectivity index (χ2n) is 11.3. The normalized spacial score (nSPS) is 18.0. The summed E-state index contributed by atoms with van der Waals surface area (Å²) < 4.78 is 64.0. The highest BCUT2D eigenvalue weighted by Gasteiger charge is 2.45. The number of nitriles is 1. The number of fused-ring (bicyclic) bond motifs is 1. The molecule has 2 aliphatic rings. The van der Waals surface area contributed by atoms with Gasteiger partial charge in [0.05, 0.1) is 46.0 Å². The Kier molecular flexibility index (Phi) is 8.65. The summed E-state index contributed by atoms with van der Waals surface area (Å²) in [4.78, 5) is 53.6. The van der Waals surface area contributed by atoms with Crippen molar-refractivity contribution in [3.8, 4) is 6.07 Å². The Bertz CT molecular complexity index is 1860. The van der Waals surface area contributed by atoms with E-state index in [0.29, 0.717) is 0 Å². The Labute approximate surface area is 257 Å². The Morgan fingerprint density at radius 3 is 2.42 bits per heavy atom. The number of morpholine rings is 1. The number of halogens is 5. The molecule has 11 nitrogen and oxygen atoms in total. The van der Waals surface area contributed by atoms with Crippen molar-refractivity contribution in [2.24, 2.45) is 5.92 Å². The molecule has 3 aromatic rings. The van der Waals surface area contributed by atoms with Crippen LogP contribution in [0.3, 0.4) is 0 Å². The SMILES string of the molecule is CC(C)n1c(=O)n(CC2CC(F)(F)C2)c(=O)c2cc(NC(=O)N3CCO[C@@H](C(=O)Nc4cc(Cl)c(C#N)cc4F)C3)c(F)cc21. The lowest BCUT2D eigenvalue weighted by Crippen LogP contribution is -2.51. The zero-order valence-electron chi connectivity index (χ0n) is 24.0. The second-order valence-corrected chi connectivity index (χ2v) is 11.7. The molecule has 1 saturated heterocycles. The molecule has 16 heteroatoms. The summed E-state index contributed by atoms with van der Waals surface area (Å²) in [5.41, 5.74) is -2.40. The number of rotatable bonds is 6. The molecule has 45 heavy (non-hydrogen) atoms. The van der Waals surface area contributed by atoms with Gasteiger partial charge >= 0.3 is 11.7 Å². The molecule has 1 aliphatic carbocycles. The quantitative estimate of drug-likeness (QED) is 0.378. The number of amides is 3. The molecule has 0 unspecified atom stereocenters. The molecule has 1 saturated carbocycles. The zero-order chi connectivity index (χ0) is 32.8. The third-order valence-corrected chi connectivity index (χ3v) is 8.02. The van der Waals surface area contributed by atoms with Crippen molar-refractivity contribution in [3.63, 3.8) is 0 Å². The molecule has 5 rings (SSSR count). The molecular weight excluding hydrogens is 624 g/mol. The zero-order valence-corrected chi connectivity index (χ0v) is 24.8. The van der Waals surface area contributed by atoms with Crippen LogP contribution in [-0.4, -0.2) is 57.7 Å². The summed E-state index contributed by atoms with van der Waals surface area (Å²) in [5.74, 6) is -6.10. The highest BCUT2D eigenvalue weighted by molar-refractivity contribution is 6.32. The summed E-state index contributed by atoms with van der Waals surface area (Å²) in [6, 6.07) is 4.32. The third kappa shape index (κ3) is 6.38. The van der Waals surface area contributed by atoms with Gasteiger partial charge in [-0.05, 0) is 38.0 Å². The number of anilines is 2. The van der Waals surface area contributed by atoms with Crippen molar-refractivity contribution < 1.29 is 31.9 Å². The summed E-state index contributed by atoms with van der Waals surface area (Å²) in [6.45, 7) is 2.68. The van der Waals surface area contributed by atoms with Crippen molar-refractivity contribution in [1.82, 2.24) is 14.0 Å². The highest BCUT2D eigenvalue weighted by Crippen LogP contribution is 2.42. The first-order valence-corrected chi connectivity index (χ1v) is 14.3. The van der Waals surface area contributed by atoms with Crippen molar-refractivity contribution in [2.75, 3.05) is 30.3 Å².